The van der Waals surface area contributed by atoms with Gasteiger partial charge in [-0.3, -0.25) is 10.1 Å². The molecule has 100 valence electrons. The molecule has 6 heteroatoms. The number of rotatable bonds is 4. The fourth-order valence-electron chi connectivity index (χ4n) is 1.88. The van der Waals surface area contributed by atoms with Gasteiger partial charge in [-0.25, -0.2) is 4.98 Å². The zero-order chi connectivity index (χ0) is 14.0. The number of nitro groups is 1. The van der Waals surface area contributed by atoms with Gasteiger partial charge < -0.3 is 5.32 Å². The van der Waals surface area contributed by atoms with Gasteiger partial charge in [0.1, 0.15) is 5.01 Å². The Kier molecular flexibility index (Phi) is 3.53. The smallest absolute Gasteiger partial charge is 0.274 e. The van der Waals surface area contributed by atoms with E-state index < -0.39 is 0 Å². The summed E-state index contributed by atoms with van der Waals surface area (Å²) >= 11 is 1.56. The highest BCUT2D eigenvalue weighted by molar-refractivity contribution is 7.09. The van der Waals surface area contributed by atoms with Crippen molar-refractivity contribution in [3.8, 4) is 0 Å². The number of nitrogens with zero attached hydrogens (tertiary/aromatic N) is 2. The molecule has 0 atom stereocenters. The third-order valence-electron chi connectivity index (χ3n) is 2.92. The molecule has 0 saturated carbocycles. The summed E-state index contributed by atoms with van der Waals surface area (Å²) in [5.41, 5.74) is 1.15. The summed E-state index contributed by atoms with van der Waals surface area (Å²) in [7, 11) is 0. The van der Waals surface area contributed by atoms with E-state index in [2.05, 4.69) is 10.3 Å². The highest BCUT2D eigenvalue weighted by Crippen LogP contribution is 2.31. The molecule has 2 aromatic rings. The van der Waals surface area contributed by atoms with Crippen LogP contribution in [0.5, 0.6) is 0 Å². The van der Waals surface area contributed by atoms with Crippen LogP contribution in [0.2, 0.25) is 0 Å². The highest BCUT2D eigenvalue weighted by Gasteiger charge is 2.25. The number of anilines is 1. The van der Waals surface area contributed by atoms with Crippen molar-refractivity contribution >= 4 is 22.7 Å². The summed E-state index contributed by atoms with van der Waals surface area (Å²) in [4.78, 5) is 14.9. The van der Waals surface area contributed by atoms with Gasteiger partial charge in [0.2, 0.25) is 0 Å². The lowest BCUT2D eigenvalue weighted by atomic mass is 10.0. The summed E-state index contributed by atoms with van der Waals surface area (Å²) in [6, 6.07) is 5.04. The van der Waals surface area contributed by atoms with Crippen LogP contribution in [0.25, 0.3) is 0 Å². The minimum Gasteiger partial charge on any atom is -0.373 e. The first kappa shape index (κ1) is 13.5. The van der Waals surface area contributed by atoms with Gasteiger partial charge in [-0.1, -0.05) is 6.07 Å². The number of nitro benzene ring substituents is 1. The van der Waals surface area contributed by atoms with E-state index in [1.165, 1.54) is 6.07 Å². The van der Waals surface area contributed by atoms with Crippen molar-refractivity contribution in [3.05, 3.63) is 50.5 Å². The third kappa shape index (κ3) is 2.73. The van der Waals surface area contributed by atoms with Gasteiger partial charge in [-0.2, -0.15) is 0 Å². The van der Waals surface area contributed by atoms with Crippen LogP contribution >= 0.6 is 11.3 Å². The van der Waals surface area contributed by atoms with Crippen LogP contribution in [0.4, 0.5) is 11.4 Å². The molecule has 0 spiro atoms. The molecule has 1 N–H and O–H groups in total. The van der Waals surface area contributed by atoms with Crippen LogP contribution in [-0.2, 0) is 5.54 Å². The molecule has 0 aliphatic rings. The predicted octanol–water partition coefficient (Wildman–Crippen LogP) is 3.71. The first-order chi connectivity index (χ1) is 8.92. The molecule has 1 aromatic heterocycles. The Bertz CT molecular complexity index is 594. The average Bonchev–Trinajstić information content (AvgIpc) is 2.85. The second kappa shape index (κ2) is 4.97. The van der Waals surface area contributed by atoms with E-state index in [0.717, 1.165) is 10.7 Å². The van der Waals surface area contributed by atoms with Crippen molar-refractivity contribution < 1.29 is 4.92 Å². The molecule has 0 amide bonds. The molecular formula is C13H15N3O2S. The van der Waals surface area contributed by atoms with Gasteiger partial charge in [0.15, 0.2) is 0 Å². The first-order valence-corrected chi connectivity index (χ1v) is 6.72. The molecule has 0 aliphatic carbocycles. The molecule has 5 nitrogen and oxygen atoms in total. The molecule has 19 heavy (non-hydrogen) atoms. The topological polar surface area (TPSA) is 68.1 Å². The molecule has 0 saturated heterocycles. The van der Waals surface area contributed by atoms with Gasteiger partial charge in [0, 0.05) is 28.9 Å². The average molecular weight is 277 g/mol. The highest BCUT2D eigenvalue weighted by atomic mass is 32.1. The fourth-order valence-corrected chi connectivity index (χ4v) is 2.60. The van der Waals surface area contributed by atoms with E-state index in [9.17, 15) is 10.1 Å². The van der Waals surface area contributed by atoms with Crippen LogP contribution in [0.3, 0.4) is 0 Å². The van der Waals surface area contributed by atoms with Crippen LogP contribution in [-0.4, -0.2) is 9.91 Å². The summed E-state index contributed by atoms with van der Waals surface area (Å²) in [5, 5.41) is 17.1. The fraction of sp³-hybridized carbons (Fsp3) is 0.308. The Labute approximate surface area is 115 Å². The molecule has 1 heterocycles. The van der Waals surface area contributed by atoms with E-state index in [4.69, 9.17) is 0 Å². The Morgan fingerprint density at radius 3 is 2.74 bits per heavy atom. The van der Waals surface area contributed by atoms with E-state index in [0.29, 0.717) is 5.56 Å². The molecule has 1 aromatic carbocycles. The largest absolute Gasteiger partial charge is 0.373 e. The maximum absolute atomic E-state index is 10.9. The maximum Gasteiger partial charge on any atom is 0.274 e. The van der Waals surface area contributed by atoms with Crippen LogP contribution in [0, 0.1) is 17.0 Å². The van der Waals surface area contributed by atoms with Gasteiger partial charge in [0.05, 0.1) is 10.5 Å². The normalized spacial score (nSPS) is 11.3. The van der Waals surface area contributed by atoms with E-state index in [-0.39, 0.29) is 16.1 Å². The second-order valence-electron chi connectivity index (χ2n) is 4.79. The number of aromatic nitrogens is 1. The summed E-state index contributed by atoms with van der Waals surface area (Å²) in [5.74, 6) is 0. The summed E-state index contributed by atoms with van der Waals surface area (Å²) < 4.78 is 0. The maximum atomic E-state index is 10.9. The van der Waals surface area contributed by atoms with Crippen LogP contribution in [0.15, 0.2) is 29.8 Å². The lowest BCUT2D eigenvalue weighted by molar-refractivity contribution is -0.385. The van der Waals surface area contributed by atoms with E-state index >= 15 is 0 Å². The van der Waals surface area contributed by atoms with Gasteiger partial charge in [0.25, 0.3) is 5.69 Å². The van der Waals surface area contributed by atoms with Crippen LogP contribution in [0.1, 0.15) is 24.4 Å². The van der Waals surface area contributed by atoms with Crippen LogP contribution < -0.4 is 5.32 Å². The second-order valence-corrected chi connectivity index (χ2v) is 5.69. The Morgan fingerprint density at radius 1 is 1.42 bits per heavy atom. The summed E-state index contributed by atoms with van der Waals surface area (Å²) in [6.45, 7) is 5.76. The number of thiazole rings is 1. The monoisotopic (exact) mass is 277 g/mol. The lowest BCUT2D eigenvalue weighted by Crippen LogP contribution is -2.28. The van der Waals surface area contributed by atoms with Crippen molar-refractivity contribution in [2.45, 2.75) is 26.3 Å². The van der Waals surface area contributed by atoms with Gasteiger partial charge in [-0.15, -0.1) is 11.3 Å². The molecule has 2 rings (SSSR count). The lowest BCUT2D eigenvalue weighted by Gasteiger charge is -2.26. The Balaban J connectivity index is 2.34. The Hall–Kier alpha value is -1.95. The van der Waals surface area contributed by atoms with Crippen molar-refractivity contribution in [2.24, 2.45) is 0 Å². The van der Waals surface area contributed by atoms with Crippen molar-refractivity contribution in [2.75, 3.05) is 5.32 Å². The van der Waals surface area contributed by atoms with Gasteiger partial charge >= 0.3 is 0 Å². The molecule has 0 bridgehead atoms. The SMILES string of the molecule is Cc1c(NC(C)(C)c2nccs2)cccc1[N+](=O)[O-]. The number of hydrogen-bond acceptors (Lipinski definition) is 5. The zero-order valence-corrected chi connectivity index (χ0v) is 11.8. The first-order valence-electron chi connectivity index (χ1n) is 5.84. The predicted molar refractivity (Wildman–Crippen MR) is 76.6 cm³/mol. The standard InChI is InChI=1S/C13H15N3O2S/c1-9-10(5-4-6-11(9)16(17)18)15-13(2,3)12-14-7-8-19-12/h4-8,15H,1-3H3. The van der Waals surface area contributed by atoms with Crippen molar-refractivity contribution in [3.63, 3.8) is 0 Å². The quantitative estimate of drug-likeness (QED) is 0.683. The minimum atomic E-state index is -0.367. The molecule has 0 aliphatic heterocycles. The minimum absolute atomic E-state index is 0.125. The summed E-state index contributed by atoms with van der Waals surface area (Å²) in [6.07, 6.45) is 1.75. The third-order valence-corrected chi connectivity index (χ3v) is 4.01. The number of benzene rings is 1. The van der Waals surface area contributed by atoms with E-state index in [1.807, 2.05) is 25.3 Å². The van der Waals surface area contributed by atoms with Crippen molar-refractivity contribution in [1.82, 2.24) is 4.98 Å². The van der Waals surface area contributed by atoms with Crippen molar-refractivity contribution in [1.29, 1.82) is 0 Å². The zero-order valence-electron chi connectivity index (χ0n) is 11.0. The molecule has 0 unspecified atom stereocenters. The molecule has 0 radical (unpaired) electrons. The number of nitrogens with one attached hydrogen (secondary N) is 1. The molecular weight excluding hydrogens is 262 g/mol. The van der Waals surface area contributed by atoms with Gasteiger partial charge in [-0.05, 0) is 26.8 Å². The number of hydrogen-bond donors (Lipinski definition) is 1. The molecule has 0 fully saturated rings. The Morgan fingerprint density at radius 2 is 2.16 bits per heavy atom. The van der Waals surface area contributed by atoms with E-state index in [1.54, 1.807) is 30.5 Å².